The topological polar surface area (TPSA) is 330 Å². The molecule has 0 saturated heterocycles. The molecule has 0 aromatic heterocycles. The third-order valence-corrected chi connectivity index (χ3v) is 9.28. The first-order valence-corrected chi connectivity index (χ1v) is 19.3. The van der Waals surface area contributed by atoms with E-state index in [2.05, 4.69) is 31.9 Å². The molecule has 0 aliphatic rings. The summed E-state index contributed by atoms with van der Waals surface area (Å²) in [6, 6.07) is 9.62. The van der Waals surface area contributed by atoms with Gasteiger partial charge in [0.25, 0.3) is 0 Å². The van der Waals surface area contributed by atoms with Gasteiger partial charge < -0.3 is 53.0 Å². The fourth-order valence-corrected chi connectivity index (χ4v) is 6.13. The monoisotopic (exact) mass is 865 g/mol. The summed E-state index contributed by atoms with van der Waals surface area (Å²) < 4.78 is 14.3. The highest BCUT2D eigenvalue weighted by Gasteiger charge is 2.32. The van der Waals surface area contributed by atoms with Gasteiger partial charge in [0.05, 0.1) is 13.0 Å². The molecule has 0 radical (unpaired) electrons. The van der Waals surface area contributed by atoms with Crippen LogP contribution in [-0.4, -0.2) is 111 Å². The lowest BCUT2D eigenvalue weighted by molar-refractivity contribution is -0.141. The summed E-state index contributed by atoms with van der Waals surface area (Å²) in [6.45, 7) is 0.571. The Kier molecular flexibility index (Phi) is 18.9. The maximum atomic E-state index is 14.3. The third-order valence-electron chi connectivity index (χ3n) is 9.28. The summed E-state index contributed by atoms with van der Waals surface area (Å²) in [7, 11) is 0. The van der Waals surface area contributed by atoms with Crippen LogP contribution in [0.25, 0.3) is 10.8 Å². The van der Waals surface area contributed by atoms with Gasteiger partial charge in [0.1, 0.15) is 36.0 Å². The van der Waals surface area contributed by atoms with Crippen molar-refractivity contribution in [1.82, 2.24) is 31.9 Å². The quantitative estimate of drug-likeness (QED) is 0.0510. The lowest BCUT2D eigenvalue weighted by Gasteiger charge is -2.25. The van der Waals surface area contributed by atoms with E-state index in [1.54, 1.807) is 30.3 Å². The van der Waals surface area contributed by atoms with Gasteiger partial charge in [0.15, 0.2) is 0 Å². The van der Waals surface area contributed by atoms with Crippen molar-refractivity contribution in [2.45, 2.75) is 88.5 Å². The average Bonchev–Trinajstić information content (AvgIpc) is 3.21. The zero-order chi connectivity index (χ0) is 45.9. The Labute approximate surface area is 353 Å². The molecule has 3 aromatic carbocycles. The second-order valence-electron chi connectivity index (χ2n) is 14.0. The molecule has 5 atom stereocenters. The molecule has 62 heavy (non-hydrogen) atoms. The highest BCUT2D eigenvalue weighted by atomic mass is 19.1. The van der Waals surface area contributed by atoms with Crippen LogP contribution in [0.15, 0.2) is 66.7 Å². The molecular formula is C41H48FN7O13. The molecule has 20 nitrogen and oxygen atoms in total. The van der Waals surface area contributed by atoms with E-state index < -0.39 is 128 Å². The molecule has 11 N–H and O–H groups in total. The molecule has 0 spiro atoms. The summed E-state index contributed by atoms with van der Waals surface area (Å²) in [5, 5.41) is 43.1. The number of amides is 7. The molecule has 7 amide bonds. The van der Waals surface area contributed by atoms with Crippen LogP contribution in [0.2, 0.25) is 0 Å². The maximum Gasteiger partial charge on any atom is 0.305 e. The largest absolute Gasteiger partial charge is 0.481 e. The lowest BCUT2D eigenvalue weighted by atomic mass is 9.97. The molecule has 0 saturated carbocycles. The number of nitrogens with one attached hydrogen (secondary N) is 6. The van der Waals surface area contributed by atoms with Gasteiger partial charge in [0, 0.05) is 32.1 Å². The Hall–Kier alpha value is -7.45. The predicted molar refractivity (Wildman–Crippen MR) is 216 cm³/mol. The summed E-state index contributed by atoms with van der Waals surface area (Å²) in [6.07, 6.45) is -3.59. The number of carboxylic acids is 3. The molecule has 332 valence electrons. The number of carbonyl (C=O) groups is 10. The van der Waals surface area contributed by atoms with Gasteiger partial charge in [-0.05, 0) is 46.9 Å². The van der Waals surface area contributed by atoms with Crippen molar-refractivity contribution >= 4 is 70.0 Å². The fourth-order valence-electron chi connectivity index (χ4n) is 6.13. The standard InChI is InChI=1S/C41H48FN7O13/c1-2-32(50)45-31(20-36(56)57)41(62)48-28(14-16-35(54)55)38(59)44-21-33(51)46-29(18-22-7-5-11-25(42)17-22)39(60)49-30(40(61)47-27(37(43)58)13-15-34(52)53)19-24-10-6-9-23-8-3-4-12-26(23)24/h3-12,17,27-31H,2,13-16,18-21H2,1H3,(H2,43,58)(H,44,59)(H,45,50)(H,46,51)(H,47,61)(H,48,62)(H,49,60)(H,52,53)(H,54,55)(H,56,57)/t27-,28-,29-,30-,31+/m0/s1. The van der Waals surface area contributed by atoms with Crippen LogP contribution in [0.4, 0.5) is 4.39 Å². The number of benzene rings is 3. The first-order chi connectivity index (χ1) is 29.4. The van der Waals surface area contributed by atoms with Crippen molar-refractivity contribution in [3.05, 3.63) is 83.7 Å². The van der Waals surface area contributed by atoms with E-state index in [0.29, 0.717) is 10.9 Å². The Morgan fingerprint density at radius 3 is 1.76 bits per heavy atom. The molecule has 3 rings (SSSR count). The van der Waals surface area contributed by atoms with E-state index in [0.717, 1.165) is 17.5 Å². The van der Waals surface area contributed by atoms with Crippen LogP contribution in [0.5, 0.6) is 0 Å². The maximum absolute atomic E-state index is 14.3. The van der Waals surface area contributed by atoms with Gasteiger partial charge in [-0.3, -0.25) is 47.9 Å². The van der Waals surface area contributed by atoms with Gasteiger partial charge in [-0.25, -0.2) is 4.39 Å². The summed E-state index contributed by atoms with van der Waals surface area (Å²) in [5.74, 6) is -11.6. The van der Waals surface area contributed by atoms with Crippen molar-refractivity contribution < 1.29 is 67.7 Å². The molecule has 0 unspecified atom stereocenters. The first-order valence-electron chi connectivity index (χ1n) is 19.3. The van der Waals surface area contributed by atoms with Gasteiger partial charge >= 0.3 is 17.9 Å². The van der Waals surface area contributed by atoms with Crippen molar-refractivity contribution in [2.24, 2.45) is 5.73 Å². The number of nitrogens with two attached hydrogens (primary N) is 1. The number of carboxylic acid groups (broad SMARTS) is 3. The molecule has 0 heterocycles. The van der Waals surface area contributed by atoms with Crippen LogP contribution in [-0.2, 0) is 60.8 Å². The summed E-state index contributed by atoms with van der Waals surface area (Å²) in [4.78, 5) is 126. The van der Waals surface area contributed by atoms with E-state index in [1.165, 1.54) is 19.1 Å². The molecule has 21 heteroatoms. The van der Waals surface area contributed by atoms with E-state index in [9.17, 15) is 62.5 Å². The zero-order valence-corrected chi connectivity index (χ0v) is 33.5. The third kappa shape index (κ3) is 16.3. The highest BCUT2D eigenvalue weighted by Crippen LogP contribution is 2.20. The van der Waals surface area contributed by atoms with Crippen LogP contribution < -0.4 is 37.6 Å². The Bertz CT molecular complexity index is 2160. The van der Waals surface area contributed by atoms with Gasteiger partial charge in [-0.1, -0.05) is 61.5 Å². The molecule has 0 aliphatic carbocycles. The predicted octanol–water partition coefficient (Wildman–Crippen LogP) is -0.596. The van der Waals surface area contributed by atoms with Crippen molar-refractivity contribution in [2.75, 3.05) is 6.54 Å². The SMILES string of the molecule is CCC(=O)N[C@H](CC(=O)O)C(=O)N[C@@H](CCC(=O)O)C(=O)NCC(=O)N[C@@H](Cc1cccc(F)c1)C(=O)N[C@@H](Cc1cccc2ccccc12)C(=O)N[C@@H](CCC(=O)O)C(N)=O. The van der Waals surface area contributed by atoms with E-state index in [-0.39, 0.29) is 31.2 Å². The van der Waals surface area contributed by atoms with Gasteiger partial charge in [-0.2, -0.15) is 0 Å². The zero-order valence-electron chi connectivity index (χ0n) is 33.5. The second kappa shape index (κ2) is 24.0. The average molecular weight is 866 g/mol. The molecule has 0 fully saturated rings. The highest BCUT2D eigenvalue weighted by molar-refractivity contribution is 5.97. The number of fused-ring (bicyclic) bond motifs is 1. The minimum atomic E-state index is -1.64. The number of hydrogen-bond acceptors (Lipinski definition) is 10. The number of primary amides is 1. The Morgan fingerprint density at radius 2 is 1.15 bits per heavy atom. The fraction of sp³-hybridized carbons (Fsp3) is 0.366. The lowest BCUT2D eigenvalue weighted by Crippen LogP contribution is -2.58. The smallest absolute Gasteiger partial charge is 0.305 e. The summed E-state index contributed by atoms with van der Waals surface area (Å²) in [5.41, 5.74) is 6.24. The molecule has 0 aliphatic heterocycles. The molecule has 3 aromatic rings. The van der Waals surface area contributed by atoms with Crippen LogP contribution in [0.1, 0.15) is 56.6 Å². The minimum absolute atomic E-state index is 0.109. The number of carbonyl (C=O) groups excluding carboxylic acids is 7. The van der Waals surface area contributed by atoms with E-state index in [1.807, 2.05) is 12.1 Å². The van der Waals surface area contributed by atoms with Crippen LogP contribution >= 0.6 is 0 Å². The van der Waals surface area contributed by atoms with E-state index >= 15 is 0 Å². The number of hydrogen-bond donors (Lipinski definition) is 10. The van der Waals surface area contributed by atoms with Crippen molar-refractivity contribution in [1.29, 1.82) is 0 Å². The van der Waals surface area contributed by atoms with Gasteiger partial charge in [-0.15, -0.1) is 0 Å². The molecular weight excluding hydrogens is 817 g/mol. The van der Waals surface area contributed by atoms with Gasteiger partial charge in [0.2, 0.25) is 41.4 Å². The Morgan fingerprint density at radius 1 is 0.597 bits per heavy atom. The van der Waals surface area contributed by atoms with Crippen molar-refractivity contribution in [3.8, 4) is 0 Å². The van der Waals surface area contributed by atoms with E-state index in [4.69, 9.17) is 10.8 Å². The van der Waals surface area contributed by atoms with Crippen molar-refractivity contribution in [3.63, 3.8) is 0 Å². The number of rotatable bonds is 25. The molecule has 0 bridgehead atoms. The minimum Gasteiger partial charge on any atom is -0.481 e. The van der Waals surface area contributed by atoms with Crippen LogP contribution in [0, 0.1) is 5.82 Å². The number of halogens is 1. The van der Waals surface area contributed by atoms with Crippen LogP contribution in [0.3, 0.4) is 0 Å². The number of aliphatic carboxylic acids is 3. The summed E-state index contributed by atoms with van der Waals surface area (Å²) >= 11 is 0. The Balaban J connectivity index is 1.89. The second-order valence-corrected chi connectivity index (χ2v) is 14.0. The normalized spacial score (nSPS) is 13.2. The first kappa shape index (κ1) is 48.9.